The minimum atomic E-state index is -5.71. The Balaban J connectivity index is 2.22. The third-order valence-corrected chi connectivity index (χ3v) is 6.53. The van der Waals surface area contributed by atoms with Crippen molar-refractivity contribution in [2.45, 2.75) is 70.8 Å². The molecule has 1 N–H and O–H groups in total. The van der Waals surface area contributed by atoms with Crippen molar-refractivity contribution >= 4 is 0 Å². The average molecular weight is 360 g/mol. The smallest absolute Gasteiger partial charge is 0.374 e. The number of hydrogen-bond donors (Lipinski definition) is 1. The number of fused-ring (bicyclic) bond motifs is 2. The maximum Gasteiger partial charge on any atom is 0.426 e. The Morgan fingerprint density at radius 3 is 2.00 bits per heavy atom. The molecule has 0 aromatic heterocycles. The molecule has 6 atom stereocenters. The molecule has 0 aromatic carbocycles. The fourth-order valence-corrected chi connectivity index (χ4v) is 5.40. The minimum absolute atomic E-state index is 0.150. The van der Waals surface area contributed by atoms with Crippen LogP contribution in [0.2, 0.25) is 0 Å². The fraction of sp³-hybridized carbons (Fsp3) is 1.00. The van der Waals surface area contributed by atoms with Crippen molar-refractivity contribution in [2.75, 3.05) is 0 Å². The van der Waals surface area contributed by atoms with Crippen molar-refractivity contribution in [1.82, 2.24) is 0 Å². The van der Waals surface area contributed by atoms with Gasteiger partial charge < -0.3 is 5.11 Å². The van der Waals surface area contributed by atoms with Crippen LogP contribution in [-0.2, 0) is 0 Å². The molecule has 2 fully saturated rings. The van der Waals surface area contributed by atoms with E-state index >= 15 is 0 Å². The third-order valence-electron chi connectivity index (χ3n) is 6.53. The highest BCUT2D eigenvalue weighted by Gasteiger charge is 2.71. The van der Waals surface area contributed by atoms with Gasteiger partial charge in [0, 0.05) is 0 Å². The van der Waals surface area contributed by atoms with Gasteiger partial charge in [-0.15, -0.1) is 0 Å². The van der Waals surface area contributed by atoms with Gasteiger partial charge in [0.2, 0.25) is 0 Å². The SMILES string of the molecule is CCCC(C)C1C(C)C2CC(CC(O)(C(F)(F)F)C(F)(F)F)C1C2. The molecule has 0 radical (unpaired) electrons. The quantitative estimate of drug-likeness (QED) is 0.635. The highest BCUT2D eigenvalue weighted by Crippen LogP contribution is 2.61. The second-order valence-electron chi connectivity index (χ2n) is 7.92. The normalized spacial score (nSPS) is 35.5. The lowest BCUT2D eigenvalue weighted by atomic mass is 9.66. The summed E-state index contributed by atoms with van der Waals surface area (Å²) in [5.74, 6) is 0.0753. The van der Waals surface area contributed by atoms with E-state index < -0.39 is 30.3 Å². The van der Waals surface area contributed by atoms with Crippen LogP contribution < -0.4 is 0 Å². The van der Waals surface area contributed by atoms with Crippen molar-refractivity contribution < 1.29 is 31.4 Å². The molecule has 2 bridgehead atoms. The molecule has 2 aliphatic carbocycles. The lowest BCUT2D eigenvalue weighted by Gasteiger charge is -2.41. The Morgan fingerprint density at radius 1 is 1.04 bits per heavy atom. The first-order valence-corrected chi connectivity index (χ1v) is 8.69. The van der Waals surface area contributed by atoms with E-state index in [4.69, 9.17) is 0 Å². The number of halogens is 6. The van der Waals surface area contributed by atoms with Crippen molar-refractivity contribution in [2.24, 2.45) is 35.5 Å². The number of alkyl halides is 6. The van der Waals surface area contributed by atoms with Gasteiger partial charge in [-0.3, -0.25) is 0 Å². The van der Waals surface area contributed by atoms with Gasteiger partial charge in [-0.25, -0.2) is 0 Å². The molecule has 2 rings (SSSR count). The Bertz CT molecular complexity index is 429. The van der Waals surface area contributed by atoms with Crippen LogP contribution in [0.1, 0.15) is 52.9 Å². The summed E-state index contributed by atoms with van der Waals surface area (Å²) in [7, 11) is 0. The van der Waals surface area contributed by atoms with E-state index in [1.165, 1.54) is 0 Å². The first-order chi connectivity index (χ1) is 10.8. The molecule has 0 aliphatic heterocycles. The average Bonchev–Trinajstić information content (AvgIpc) is 2.93. The zero-order valence-electron chi connectivity index (χ0n) is 14.2. The Labute approximate surface area is 138 Å². The van der Waals surface area contributed by atoms with E-state index in [0.29, 0.717) is 18.8 Å². The molecule has 6 unspecified atom stereocenters. The lowest BCUT2D eigenvalue weighted by Crippen LogP contribution is -2.58. The lowest BCUT2D eigenvalue weighted by molar-refractivity contribution is -0.373. The van der Waals surface area contributed by atoms with Crippen LogP contribution in [0.5, 0.6) is 0 Å². The molecule has 142 valence electrons. The van der Waals surface area contributed by atoms with Gasteiger partial charge in [-0.1, -0.05) is 33.6 Å². The van der Waals surface area contributed by atoms with Crippen LogP contribution in [0.3, 0.4) is 0 Å². The summed E-state index contributed by atoms with van der Waals surface area (Å²) in [6.07, 6.45) is -9.75. The van der Waals surface area contributed by atoms with E-state index in [2.05, 4.69) is 6.92 Å². The highest BCUT2D eigenvalue weighted by molar-refractivity contribution is 5.05. The molecule has 0 saturated heterocycles. The van der Waals surface area contributed by atoms with Crippen molar-refractivity contribution in [1.29, 1.82) is 0 Å². The maximum atomic E-state index is 13.0. The minimum Gasteiger partial charge on any atom is -0.374 e. The monoisotopic (exact) mass is 360 g/mol. The zero-order valence-corrected chi connectivity index (χ0v) is 14.2. The molecule has 2 aliphatic rings. The number of hydrogen-bond acceptors (Lipinski definition) is 1. The summed E-state index contributed by atoms with van der Waals surface area (Å²) in [5, 5.41) is 9.52. The van der Waals surface area contributed by atoms with E-state index in [1.54, 1.807) is 0 Å². The summed E-state index contributed by atoms with van der Waals surface area (Å²) in [5.41, 5.74) is -4.60. The van der Waals surface area contributed by atoms with Gasteiger partial charge in [0.15, 0.2) is 0 Å². The van der Waals surface area contributed by atoms with E-state index in [0.717, 1.165) is 12.8 Å². The molecule has 0 spiro atoms. The molecule has 1 nitrogen and oxygen atoms in total. The zero-order chi connectivity index (χ0) is 18.5. The van der Waals surface area contributed by atoms with E-state index in [1.807, 2.05) is 13.8 Å². The molecule has 2 saturated carbocycles. The van der Waals surface area contributed by atoms with Gasteiger partial charge >= 0.3 is 12.4 Å². The first kappa shape index (κ1) is 19.9. The van der Waals surface area contributed by atoms with Gasteiger partial charge in [0.1, 0.15) is 0 Å². The molecule has 0 amide bonds. The van der Waals surface area contributed by atoms with Crippen molar-refractivity contribution in [3.63, 3.8) is 0 Å². The summed E-state index contributed by atoms with van der Waals surface area (Å²) in [6.45, 7) is 6.14. The second-order valence-corrected chi connectivity index (χ2v) is 7.92. The third kappa shape index (κ3) is 3.17. The molecular weight excluding hydrogens is 334 g/mol. The van der Waals surface area contributed by atoms with Crippen LogP contribution in [0.25, 0.3) is 0 Å². The van der Waals surface area contributed by atoms with E-state index in [9.17, 15) is 31.4 Å². The standard InChI is InChI=1S/C17H26F6O/c1-4-5-9(2)14-10(3)11-6-12(13(14)7-11)8-15(24,16(18,19)20)17(21,22)23/h9-14,24H,4-8H2,1-3H3. The second kappa shape index (κ2) is 6.36. The molecule has 24 heavy (non-hydrogen) atoms. The largest absolute Gasteiger partial charge is 0.426 e. The maximum absolute atomic E-state index is 13.0. The van der Waals surface area contributed by atoms with Crippen LogP contribution in [0.15, 0.2) is 0 Å². The van der Waals surface area contributed by atoms with Crippen molar-refractivity contribution in [3.8, 4) is 0 Å². The van der Waals surface area contributed by atoms with Crippen LogP contribution in [0.4, 0.5) is 26.3 Å². The Hall–Kier alpha value is -0.460. The fourth-order valence-electron chi connectivity index (χ4n) is 5.40. The highest BCUT2D eigenvalue weighted by atomic mass is 19.4. The van der Waals surface area contributed by atoms with Crippen LogP contribution in [0, 0.1) is 35.5 Å². The Morgan fingerprint density at radius 2 is 1.58 bits per heavy atom. The number of aliphatic hydroxyl groups is 1. The molecular formula is C17H26F6O. The molecule has 0 heterocycles. The summed E-state index contributed by atoms with van der Waals surface area (Å²) in [4.78, 5) is 0. The van der Waals surface area contributed by atoms with Crippen LogP contribution in [-0.4, -0.2) is 23.1 Å². The predicted molar refractivity (Wildman–Crippen MR) is 78.1 cm³/mol. The van der Waals surface area contributed by atoms with Crippen LogP contribution >= 0.6 is 0 Å². The number of rotatable bonds is 5. The molecule has 7 heteroatoms. The van der Waals surface area contributed by atoms with Gasteiger partial charge in [-0.2, -0.15) is 26.3 Å². The summed E-state index contributed by atoms with van der Waals surface area (Å²) in [6, 6.07) is 0. The Kier molecular flexibility index (Phi) is 5.27. The van der Waals surface area contributed by atoms with E-state index in [-0.39, 0.29) is 23.7 Å². The topological polar surface area (TPSA) is 20.2 Å². The summed E-state index contributed by atoms with van der Waals surface area (Å²) < 4.78 is 77.9. The first-order valence-electron chi connectivity index (χ1n) is 8.69. The summed E-state index contributed by atoms with van der Waals surface area (Å²) >= 11 is 0. The van der Waals surface area contributed by atoms with Gasteiger partial charge in [-0.05, 0) is 54.8 Å². The predicted octanol–water partition coefficient (Wildman–Crippen LogP) is 5.58. The van der Waals surface area contributed by atoms with Gasteiger partial charge in [0.05, 0.1) is 0 Å². The van der Waals surface area contributed by atoms with Crippen molar-refractivity contribution in [3.05, 3.63) is 0 Å². The van der Waals surface area contributed by atoms with Gasteiger partial charge in [0.25, 0.3) is 5.60 Å². The molecule has 0 aromatic rings.